The summed E-state index contributed by atoms with van der Waals surface area (Å²) in [5, 5.41) is 8.39. The first-order chi connectivity index (χ1) is 4.70. The molecule has 0 spiro atoms. The quantitative estimate of drug-likeness (QED) is 0.660. The number of carboxylic acids is 1. The average Bonchev–Trinajstić information content (AvgIpc) is 1.88. The van der Waals surface area contributed by atoms with Gasteiger partial charge in [0.1, 0.15) is 5.82 Å². The van der Waals surface area contributed by atoms with Gasteiger partial charge in [0.05, 0.1) is 5.56 Å². The highest BCUT2D eigenvalue weighted by Crippen LogP contribution is 1.99. The third-order valence-electron chi connectivity index (χ3n) is 1.03. The fraction of sp³-hybridized carbons (Fsp3) is 0. The molecule has 0 aromatic carbocycles. The van der Waals surface area contributed by atoms with E-state index < -0.39 is 5.97 Å². The fourth-order valence-electron chi connectivity index (χ4n) is 0.532. The fourth-order valence-corrected chi connectivity index (χ4v) is 0.532. The second kappa shape index (κ2) is 3.78. The molecule has 60 valence electrons. The van der Waals surface area contributed by atoms with Crippen molar-refractivity contribution in [1.82, 2.24) is 4.98 Å². The van der Waals surface area contributed by atoms with Gasteiger partial charge in [0.2, 0.25) is 0 Å². The maximum atomic E-state index is 10.2. The van der Waals surface area contributed by atoms with Crippen molar-refractivity contribution < 1.29 is 9.90 Å². The Morgan fingerprint density at radius 2 is 2.18 bits per heavy atom. The van der Waals surface area contributed by atoms with Crippen LogP contribution in [-0.4, -0.2) is 16.1 Å². The van der Waals surface area contributed by atoms with E-state index in [1.807, 2.05) is 0 Å². The minimum Gasteiger partial charge on any atom is -0.478 e. The van der Waals surface area contributed by atoms with Crippen LogP contribution < -0.4 is 5.73 Å². The van der Waals surface area contributed by atoms with Crippen molar-refractivity contribution >= 4 is 24.2 Å². The third kappa shape index (κ3) is 2.43. The zero-order chi connectivity index (χ0) is 7.56. The van der Waals surface area contributed by atoms with Gasteiger partial charge < -0.3 is 10.8 Å². The molecule has 11 heavy (non-hydrogen) atoms. The molecule has 0 aliphatic heterocycles. The summed E-state index contributed by atoms with van der Waals surface area (Å²) < 4.78 is 0. The number of nitrogens with zero attached hydrogens (tertiary/aromatic N) is 1. The van der Waals surface area contributed by atoms with Gasteiger partial charge in [-0.15, -0.1) is 12.4 Å². The van der Waals surface area contributed by atoms with Crippen LogP contribution in [0.5, 0.6) is 0 Å². The van der Waals surface area contributed by atoms with Crippen LogP contribution in [0.3, 0.4) is 0 Å². The summed E-state index contributed by atoms with van der Waals surface area (Å²) >= 11 is 0. The van der Waals surface area contributed by atoms with Crippen molar-refractivity contribution in [2.24, 2.45) is 0 Å². The second-order valence-electron chi connectivity index (χ2n) is 1.78. The molecule has 0 unspecified atom stereocenters. The number of nitrogen functional groups attached to an aromatic ring is 1. The number of carboxylic acid groups (broad SMARTS) is 1. The van der Waals surface area contributed by atoms with Crippen molar-refractivity contribution in [3.63, 3.8) is 0 Å². The molecule has 0 radical (unpaired) electrons. The van der Waals surface area contributed by atoms with Crippen molar-refractivity contribution in [2.45, 2.75) is 0 Å². The van der Waals surface area contributed by atoms with E-state index in [1.165, 1.54) is 18.3 Å². The summed E-state index contributed by atoms with van der Waals surface area (Å²) in [7, 11) is 0. The summed E-state index contributed by atoms with van der Waals surface area (Å²) in [6.07, 6.45) is 1.22. The molecule has 1 rings (SSSR count). The number of aromatic nitrogens is 1. The lowest BCUT2D eigenvalue weighted by Crippen LogP contribution is -1.98. The molecule has 5 heteroatoms. The SMILES string of the molecule is Cl.Nc1ccc(C(=O)O)cn1. The largest absolute Gasteiger partial charge is 0.478 e. The van der Waals surface area contributed by atoms with Crippen molar-refractivity contribution in [1.29, 1.82) is 0 Å². The van der Waals surface area contributed by atoms with Crippen LogP contribution in [0.1, 0.15) is 10.4 Å². The Bertz CT molecular complexity index is 247. The van der Waals surface area contributed by atoms with Crippen LogP contribution in [0.4, 0.5) is 5.82 Å². The number of rotatable bonds is 1. The van der Waals surface area contributed by atoms with Gasteiger partial charge in [-0.05, 0) is 12.1 Å². The minimum atomic E-state index is -0.993. The van der Waals surface area contributed by atoms with Crippen molar-refractivity contribution in [3.05, 3.63) is 23.9 Å². The van der Waals surface area contributed by atoms with E-state index in [-0.39, 0.29) is 18.0 Å². The molecule has 0 atom stereocenters. The zero-order valence-corrected chi connectivity index (χ0v) is 6.34. The van der Waals surface area contributed by atoms with Gasteiger partial charge in [-0.3, -0.25) is 0 Å². The molecule has 3 N–H and O–H groups in total. The smallest absolute Gasteiger partial charge is 0.337 e. The maximum absolute atomic E-state index is 10.2. The molecule has 4 nitrogen and oxygen atoms in total. The molecule has 1 aromatic heterocycles. The van der Waals surface area contributed by atoms with Gasteiger partial charge in [0.15, 0.2) is 0 Å². The number of pyridine rings is 1. The number of carbonyl (C=O) groups is 1. The molecule has 1 heterocycles. The molecule has 0 saturated carbocycles. The number of halogens is 1. The molecule has 0 aliphatic carbocycles. The normalized spacial score (nSPS) is 8.36. The molecular weight excluding hydrogens is 168 g/mol. The first kappa shape index (κ1) is 9.71. The van der Waals surface area contributed by atoms with E-state index in [0.29, 0.717) is 5.82 Å². The van der Waals surface area contributed by atoms with Gasteiger partial charge >= 0.3 is 5.97 Å². The highest BCUT2D eigenvalue weighted by Gasteiger charge is 1.99. The Hall–Kier alpha value is -1.29. The number of nitrogens with two attached hydrogens (primary N) is 1. The molecule has 0 bridgehead atoms. The summed E-state index contributed by atoms with van der Waals surface area (Å²) in [5.41, 5.74) is 5.37. The molecule has 0 aliphatic rings. The van der Waals surface area contributed by atoms with E-state index in [4.69, 9.17) is 10.8 Å². The van der Waals surface area contributed by atoms with E-state index in [2.05, 4.69) is 4.98 Å². The zero-order valence-electron chi connectivity index (χ0n) is 5.52. The molecule has 1 aromatic rings. The Kier molecular flexibility index (Phi) is 3.33. The van der Waals surface area contributed by atoms with E-state index in [9.17, 15) is 4.79 Å². The first-order valence-corrected chi connectivity index (χ1v) is 2.65. The molecular formula is C6H7ClN2O2. The van der Waals surface area contributed by atoms with Crippen LogP contribution in [-0.2, 0) is 0 Å². The lowest BCUT2D eigenvalue weighted by atomic mass is 10.3. The number of hydrogen-bond donors (Lipinski definition) is 2. The average molecular weight is 175 g/mol. The predicted molar refractivity (Wildman–Crippen MR) is 42.9 cm³/mol. The van der Waals surface area contributed by atoms with E-state index >= 15 is 0 Å². The summed E-state index contributed by atoms with van der Waals surface area (Å²) in [5.74, 6) is -0.669. The third-order valence-corrected chi connectivity index (χ3v) is 1.03. The molecule has 0 saturated heterocycles. The Morgan fingerprint density at radius 3 is 2.55 bits per heavy atom. The lowest BCUT2D eigenvalue weighted by molar-refractivity contribution is 0.0696. The maximum Gasteiger partial charge on any atom is 0.337 e. The van der Waals surface area contributed by atoms with E-state index in [1.54, 1.807) is 0 Å². The predicted octanol–water partition coefficient (Wildman–Crippen LogP) is 0.784. The lowest BCUT2D eigenvalue weighted by Gasteiger charge is -1.92. The van der Waals surface area contributed by atoms with Crippen LogP contribution in [0.15, 0.2) is 18.3 Å². The van der Waals surface area contributed by atoms with Crippen LogP contribution in [0.2, 0.25) is 0 Å². The molecule has 0 amide bonds. The standard InChI is InChI=1S/C6H6N2O2.ClH/c7-5-2-1-4(3-8-5)6(9)10;/h1-3H,(H2,7,8)(H,9,10);1H. The minimum absolute atomic E-state index is 0. The Balaban J connectivity index is 0.000001000. The summed E-state index contributed by atoms with van der Waals surface area (Å²) in [6.45, 7) is 0. The Morgan fingerprint density at radius 1 is 1.55 bits per heavy atom. The monoisotopic (exact) mass is 174 g/mol. The van der Waals surface area contributed by atoms with Gasteiger partial charge in [-0.1, -0.05) is 0 Å². The van der Waals surface area contributed by atoms with Crippen molar-refractivity contribution in [3.8, 4) is 0 Å². The number of aromatic carboxylic acids is 1. The van der Waals surface area contributed by atoms with Crippen LogP contribution >= 0.6 is 12.4 Å². The Labute approximate surface area is 69.5 Å². The highest BCUT2D eigenvalue weighted by molar-refractivity contribution is 5.87. The van der Waals surface area contributed by atoms with Gasteiger partial charge in [0.25, 0.3) is 0 Å². The summed E-state index contributed by atoms with van der Waals surface area (Å²) in [4.78, 5) is 13.8. The van der Waals surface area contributed by atoms with Gasteiger partial charge in [-0.2, -0.15) is 0 Å². The summed E-state index contributed by atoms with van der Waals surface area (Å²) in [6, 6.07) is 2.86. The topological polar surface area (TPSA) is 76.2 Å². The van der Waals surface area contributed by atoms with E-state index in [0.717, 1.165) is 0 Å². The van der Waals surface area contributed by atoms with Gasteiger partial charge in [-0.25, -0.2) is 9.78 Å². The highest BCUT2D eigenvalue weighted by atomic mass is 35.5. The van der Waals surface area contributed by atoms with Crippen LogP contribution in [0.25, 0.3) is 0 Å². The first-order valence-electron chi connectivity index (χ1n) is 2.65. The molecule has 0 fully saturated rings. The van der Waals surface area contributed by atoms with Crippen molar-refractivity contribution in [2.75, 3.05) is 5.73 Å². The second-order valence-corrected chi connectivity index (χ2v) is 1.78. The van der Waals surface area contributed by atoms with Gasteiger partial charge in [0, 0.05) is 6.20 Å². The number of anilines is 1. The number of hydrogen-bond acceptors (Lipinski definition) is 3. The van der Waals surface area contributed by atoms with Crippen LogP contribution in [0, 0.1) is 0 Å².